The van der Waals surface area contributed by atoms with E-state index in [0.717, 1.165) is 68.6 Å². The molecule has 2 fully saturated rings. The fraction of sp³-hybridized carbons (Fsp3) is 0.586. The quantitative estimate of drug-likeness (QED) is 0.486. The zero-order valence-corrected chi connectivity index (χ0v) is 22.2. The number of carbonyl (C=O) groups excluding carboxylic acids is 1. The van der Waals surface area contributed by atoms with Crippen LogP contribution >= 0.6 is 0 Å². The molecule has 0 spiro atoms. The third-order valence-corrected chi connectivity index (χ3v) is 8.05. The third kappa shape index (κ3) is 5.69. The lowest BCUT2D eigenvalue weighted by Gasteiger charge is -2.30. The Hall–Kier alpha value is -3.41. The number of amides is 1. The second kappa shape index (κ2) is 11.5. The summed E-state index contributed by atoms with van der Waals surface area (Å²) in [5.41, 5.74) is 1.90. The standard InChI is InChI=1S/C29H36FN5O3/c1-19(2)27-32-29(38-33-27)34-14-11-20(12-15-34)18-37-26-10-9-23(16-25(26)30)21-5-7-22(8-6-21)28(36)35-13-3-4-24(35)17-31/h5,9-10,16,19-20,22,24H,3-4,6-8,11-15,18H2,1-2H3. The maximum absolute atomic E-state index is 14.9. The minimum absolute atomic E-state index is 0.0857. The SMILES string of the molecule is CC(C)c1noc(N2CCC(COc3ccc(C4=CCC(C(=O)N5CCCC5C#N)CC4)cc3F)CC2)n1. The van der Waals surface area contributed by atoms with Gasteiger partial charge >= 0.3 is 6.01 Å². The van der Waals surface area contributed by atoms with Crippen LogP contribution in [0.4, 0.5) is 10.4 Å². The van der Waals surface area contributed by atoms with Crippen LogP contribution in [0, 0.1) is 29.0 Å². The fourth-order valence-corrected chi connectivity index (χ4v) is 5.63. The van der Waals surface area contributed by atoms with Crippen molar-refractivity contribution in [1.82, 2.24) is 15.0 Å². The highest BCUT2D eigenvalue weighted by Gasteiger charge is 2.33. The van der Waals surface area contributed by atoms with Gasteiger partial charge in [0.25, 0.3) is 0 Å². The normalized spacial score (nSPS) is 22.4. The second-order valence-corrected chi connectivity index (χ2v) is 11.0. The van der Waals surface area contributed by atoms with Crippen LogP contribution in [0.25, 0.3) is 5.57 Å². The molecule has 2 aromatic rings. The van der Waals surface area contributed by atoms with Crippen molar-refractivity contribution in [2.75, 3.05) is 31.1 Å². The largest absolute Gasteiger partial charge is 0.490 e. The van der Waals surface area contributed by atoms with Crippen LogP contribution in [0.3, 0.4) is 0 Å². The molecule has 2 saturated heterocycles. The lowest BCUT2D eigenvalue weighted by Crippen LogP contribution is -2.39. The predicted molar refractivity (Wildman–Crippen MR) is 141 cm³/mol. The van der Waals surface area contributed by atoms with Gasteiger partial charge in [-0.3, -0.25) is 4.79 Å². The Balaban J connectivity index is 1.11. The molecule has 38 heavy (non-hydrogen) atoms. The van der Waals surface area contributed by atoms with Gasteiger partial charge in [0.15, 0.2) is 17.4 Å². The number of rotatable bonds is 7. The number of hydrogen-bond donors (Lipinski definition) is 0. The summed E-state index contributed by atoms with van der Waals surface area (Å²) in [6, 6.07) is 7.70. The van der Waals surface area contributed by atoms with Gasteiger partial charge < -0.3 is 19.1 Å². The van der Waals surface area contributed by atoms with E-state index >= 15 is 0 Å². The van der Waals surface area contributed by atoms with E-state index in [4.69, 9.17) is 9.26 Å². The number of likely N-dealkylation sites (tertiary alicyclic amines) is 1. The Kier molecular flexibility index (Phi) is 7.96. The highest BCUT2D eigenvalue weighted by atomic mass is 19.1. The Labute approximate surface area is 223 Å². The molecule has 2 aliphatic heterocycles. The molecule has 0 bridgehead atoms. The number of ether oxygens (including phenoxy) is 1. The Morgan fingerprint density at radius 1 is 1.24 bits per heavy atom. The van der Waals surface area contributed by atoms with Crippen LogP contribution in [0.1, 0.15) is 76.1 Å². The van der Waals surface area contributed by atoms with E-state index in [1.807, 2.05) is 19.9 Å². The first-order valence-corrected chi connectivity index (χ1v) is 13.8. The Morgan fingerprint density at radius 3 is 2.71 bits per heavy atom. The fourth-order valence-electron chi connectivity index (χ4n) is 5.63. The summed E-state index contributed by atoms with van der Waals surface area (Å²) in [7, 11) is 0. The van der Waals surface area contributed by atoms with E-state index in [2.05, 4.69) is 27.2 Å². The van der Waals surface area contributed by atoms with Crippen LogP contribution < -0.4 is 9.64 Å². The smallest absolute Gasteiger partial charge is 0.324 e. The minimum atomic E-state index is -0.361. The van der Waals surface area contributed by atoms with Gasteiger partial charge in [-0.05, 0) is 74.1 Å². The molecule has 1 aliphatic carbocycles. The Morgan fingerprint density at radius 2 is 2.05 bits per heavy atom. The molecule has 3 heterocycles. The molecule has 1 aromatic heterocycles. The molecule has 0 N–H and O–H groups in total. The zero-order chi connectivity index (χ0) is 26.6. The van der Waals surface area contributed by atoms with Gasteiger partial charge in [0, 0.05) is 31.5 Å². The maximum Gasteiger partial charge on any atom is 0.324 e. The summed E-state index contributed by atoms with van der Waals surface area (Å²) in [6.45, 7) is 6.83. The average molecular weight is 522 g/mol. The summed E-state index contributed by atoms with van der Waals surface area (Å²) < 4.78 is 26.2. The highest BCUT2D eigenvalue weighted by Crippen LogP contribution is 2.34. The number of allylic oxidation sites excluding steroid dienone is 2. The molecule has 0 saturated carbocycles. The molecular formula is C29H36FN5O3. The van der Waals surface area contributed by atoms with Crippen molar-refractivity contribution in [3.63, 3.8) is 0 Å². The first kappa shape index (κ1) is 26.2. The molecule has 8 nitrogen and oxygen atoms in total. The number of piperidine rings is 1. The van der Waals surface area contributed by atoms with Gasteiger partial charge in [-0.25, -0.2) is 4.39 Å². The summed E-state index contributed by atoms with van der Waals surface area (Å²) in [5.74, 6) is 1.19. The van der Waals surface area contributed by atoms with E-state index < -0.39 is 0 Å². The van der Waals surface area contributed by atoms with Gasteiger partial charge in [0.2, 0.25) is 5.91 Å². The van der Waals surface area contributed by atoms with Crippen LogP contribution in [0.15, 0.2) is 28.8 Å². The first-order chi connectivity index (χ1) is 18.4. The highest BCUT2D eigenvalue weighted by molar-refractivity contribution is 5.81. The van der Waals surface area contributed by atoms with E-state index in [-0.39, 0.29) is 35.4 Å². The molecule has 0 radical (unpaired) electrons. The number of benzene rings is 1. The zero-order valence-electron chi connectivity index (χ0n) is 22.2. The first-order valence-electron chi connectivity index (χ1n) is 13.8. The molecule has 1 aromatic carbocycles. The van der Waals surface area contributed by atoms with E-state index in [1.54, 1.807) is 17.0 Å². The molecule has 2 atom stereocenters. The summed E-state index contributed by atoms with van der Waals surface area (Å²) in [6.07, 6.45) is 7.62. The Bertz CT molecular complexity index is 1210. The lowest BCUT2D eigenvalue weighted by atomic mass is 9.85. The predicted octanol–water partition coefficient (Wildman–Crippen LogP) is 5.33. The topological polar surface area (TPSA) is 95.5 Å². The number of nitriles is 1. The van der Waals surface area contributed by atoms with Gasteiger partial charge in [-0.1, -0.05) is 31.1 Å². The lowest BCUT2D eigenvalue weighted by molar-refractivity contribution is -0.135. The number of nitrogens with zero attached hydrogens (tertiary/aromatic N) is 5. The van der Waals surface area contributed by atoms with Crippen LogP contribution in [0.2, 0.25) is 0 Å². The summed E-state index contributed by atoms with van der Waals surface area (Å²) in [4.78, 5) is 21.2. The van der Waals surface area contributed by atoms with Crippen molar-refractivity contribution in [3.8, 4) is 11.8 Å². The van der Waals surface area contributed by atoms with Crippen LogP contribution in [-0.2, 0) is 4.79 Å². The van der Waals surface area contributed by atoms with Crippen LogP contribution in [0.5, 0.6) is 5.75 Å². The van der Waals surface area contributed by atoms with Crippen molar-refractivity contribution in [2.45, 2.75) is 70.8 Å². The number of carbonyl (C=O) groups is 1. The molecular weight excluding hydrogens is 485 g/mol. The number of aromatic nitrogens is 2. The minimum Gasteiger partial charge on any atom is -0.490 e. The molecule has 202 valence electrons. The van der Waals surface area contributed by atoms with Crippen molar-refractivity contribution in [3.05, 3.63) is 41.5 Å². The van der Waals surface area contributed by atoms with Gasteiger partial charge in [-0.2, -0.15) is 10.2 Å². The van der Waals surface area contributed by atoms with Crippen molar-refractivity contribution in [2.24, 2.45) is 11.8 Å². The molecule has 3 aliphatic rings. The number of anilines is 1. The van der Waals surface area contributed by atoms with Gasteiger partial charge in [-0.15, -0.1) is 0 Å². The van der Waals surface area contributed by atoms with E-state index in [9.17, 15) is 14.4 Å². The summed E-state index contributed by atoms with van der Waals surface area (Å²) in [5, 5.41) is 13.3. The van der Waals surface area contributed by atoms with E-state index in [1.165, 1.54) is 0 Å². The molecule has 2 unspecified atom stereocenters. The monoisotopic (exact) mass is 521 g/mol. The van der Waals surface area contributed by atoms with Gasteiger partial charge in [0.1, 0.15) is 6.04 Å². The molecule has 1 amide bonds. The van der Waals surface area contributed by atoms with Gasteiger partial charge in [0.05, 0.1) is 12.7 Å². The number of halogens is 1. The van der Waals surface area contributed by atoms with Crippen molar-refractivity contribution >= 4 is 17.5 Å². The third-order valence-electron chi connectivity index (χ3n) is 8.05. The summed E-state index contributed by atoms with van der Waals surface area (Å²) >= 11 is 0. The second-order valence-electron chi connectivity index (χ2n) is 11.0. The van der Waals surface area contributed by atoms with Crippen molar-refractivity contribution < 1.29 is 18.4 Å². The van der Waals surface area contributed by atoms with E-state index in [0.29, 0.717) is 31.5 Å². The average Bonchev–Trinajstić information content (AvgIpc) is 3.63. The molecule has 5 rings (SSSR count). The molecule has 9 heteroatoms. The van der Waals surface area contributed by atoms with Crippen molar-refractivity contribution in [1.29, 1.82) is 5.26 Å². The maximum atomic E-state index is 14.9. The number of hydrogen-bond acceptors (Lipinski definition) is 7. The van der Waals surface area contributed by atoms with Crippen LogP contribution in [-0.4, -0.2) is 53.2 Å².